The first-order chi connectivity index (χ1) is 11.7. The predicted octanol–water partition coefficient (Wildman–Crippen LogP) is 2.64. The second kappa shape index (κ2) is 7.67. The SMILES string of the molecule is Cc1ccc(S(=O)(=O)NC(C(=O)Nc2cccc(O)c2)C(C)C)cc1. The summed E-state index contributed by atoms with van der Waals surface area (Å²) in [5.41, 5.74) is 1.34. The summed E-state index contributed by atoms with van der Waals surface area (Å²) in [5, 5.41) is 12.1. The zero-order chi connectivity index (χ0) is 18.6. The van der Waals surface area contributed by atoms with E-state index < -0.39 is 22.0 Å². The maximum absolute atomic E-state index is 12.5. The first kappa shape index (κ1) is 19.0. The molecule has 134 valence electrons. The van der Waals surface area contributed by atoms with Gasteiger partial charge in [-0.05, 0) is 37.1 Å². The van der Waals surface area contributed by atoms with Gasteiger partial charge in [0.05, 0.1) is 4.90 Å². The average molecular weight is 362 g/mol. The fraction of sp³-hybridized carbons (Fsp3) is 0.278. The molecule has 0 aliphatic heterocycles. The van der Waals surface area contributed by atoms with E-state index in [-0.39, 0.29) is 16.6 Å². The highest BCUT2D eigenvalue weighted by Crippen LogP contribution is 2.18. The third kappa shape index (κ3) is 5.04. The molecule has 0 spiro atoms. The Balaban J connectivity index is 2.19. The molecule has 1 amide bonds. The van der Waals surface area contributed by atoms with Crippen molar-refractivity contribution in [2.45, 2.75) is 31.7 Å². The van der Waals surface area contributed by atoms with Gasteiger partial charge in [-0.3, -0.25) is 4.79 Å². The Morgan fingerprint density at radius 2 is 1.72 bits per heavy atom. The van der Waals surface area contributed by atoms with Crippen LogP contribution in [-0.2, 0) is 14.8 Å². The van der Waals surface area contributed by atoms with Crippen molar-refractivity contribution in [3.63, 3.8) is 0 Å². The van der Waals surface area contributed by atoms with Gasteiger partial charge in [0.15, 0.2) is 0 Å². The Bertz CT molecular complexity index is 846. The van der Waals surface area contributed by atoms with Crippen molar-refractivity contribution in [3.8, 4) is 5.75 Å². The molecule has 3 N–H and O–H groups in total. The second-order valence-electron chi connectivity index (χ2n) is 6.20. The second-order valence-corrected chi connectivity index (χ2v) is 7.91. The Morgan fingerprint density at radius 3 is 2.28 bits per heavy atom. The first-order valence-corrected chi connectivity index (χ1v) is 9.36. The number of carbonyl (C=O) groups is 1. The lowest BCUT2D eigenvalue weighted by Gasteiger charge is -2.21. The lowest BCUT2D eigenvalue weighted by Crippen LogP contribution is -2.47. The summed E-state index contributed by atoms with van der Waals surface area (Å²) in [6, 6.07) is 11.5. The standard InChI is InChI=1S/C18H22N2O4S/c1-12(2)17(18(22)19-14-5-4-6-15(21)11-14)20-25(23,24)16-9-7-13(3)8-10-16/h4-12,17,20-21H,1-3H3,(H,19,22). The molecule has 0 heterocycles. The molecule has 2 rings (SSSR count). The predicted molar refractivity (Wildman–Crippen MR) is 96.9 cm³/mol. The number of amides is 1. The number of nitrogens with one attached hydrogen (secondary N) is 2. The van der Waals surface area contributed by atoms with Gasteiger partial charge in [0.2, 0.25) is 15.9 Å². The third-order valence-corrected chi connectivity index (χ3v) is 5.13. The number of aromatic hydroxyl groups is 1. The molecule has 0 radical (unpaired) electrons. The lowest BCUT2D eigenvalue weighted by molar-refractivity contribution is -0.118. The van der Waals surface area contributed by atoms with Gasteiger partial charge in [0.1, 0.15) is 11.8 Å². The summed E-state index contributed by atoms with van der Waals surface area (Å²) < 4.78 is 27.5. The number of phenolic OH excluding ortho intramolecular Hbond substituents is 1. The number of anilines is 1. The van der Waals surface area contributed by atoms with Crippen LogP contribution in [0.5, 0.6) is 5.75 Å². The van der Waals surface area contributed by atoms with Gasteiger partial charge < -0.3 is 10.4 Å². The zero-order valence-corrected chi connectivity index (χ0v) is 15.2. The molecule has 0 fully saturated rings. The normalized spacial score (nSPS) is 12.8. The van der Waals surface area contributed by atoms with Crippen molar-refractivity contribution in [3.05, 3.63) is 54.1 Å². The number of hydrogen-bond acceptors (Lipinski definition) is 4. The first-order valence-electron chi connectivity index (χ1n) is 7.88. The van der Waals surface area contributed by atoms with Crippen LogP contribution >= 0.6 is 0 Å². The van der Waals surface area contributed by atoms with Crippen LogP contribution in [0.25, 0.3) is 0 Å². The van der Waals surface area contributed by atoms with Crippen LogP contribution in [0.4, 0.5) is 5.69 Å². The summed E-state index contributed by atoms with van der Waals surface area (Å²) in [6.07, 6.45) is 0. The monoisotopic (exact) mass is 362 g/mol. The molecule has 0 aliphatic rings. The van der Waals surface area contributed by atoms with Gasteiger partial charge in [-0.15, -0.1) is 0 Å². The molecular weight excluding hydrogens is 340 g/mol. The molecule has 0 aliphatic carbocycles. The molecule has 7 heteroatoms. The smallest absolute Gasteiger partial charge is 0.242 e. The van der Waals surface area contributed by atoms with Crippen LogP contribution in [0.1, 0.15) is 19.4 Å². The fourth-order valence-corrected chi connectivity index (χ4v) is 3.59. The number of phenols is 1. The van der Waals surface area contributed by atoms with E-state index in [1.165, 1.54) is 24.3 Å². The average Bonchev–Trinajstić information content (AvgIpc) is 2.52. The molecule has 0 aromatic heterocycles. The third-order valence-electron chi connectivity index (χ3n) is 3.68. The molecule has 2 aromatic rings. The maximum atomic E-state index is 12.5. The number of carbonyl (C=O) groups excluding carboxylic acids is 1. The molecule has 1 atom stereocenters. The fourth-order valence-electron chi connectivity index (χ4n) is 2.25. The van der Waals surface area contributed by atoms with Crippen molar-refractivity contribution in [2.24, 2.45) is 5.92 Å². The van der Waals surface area contributed by atoms with Crippen LogP contribution in [0, 0.1) is 12.8 Å². The van der Waals surface area contributed by atoms with Crippen molar-refractivity contribution >= 4 is 21.6 Å². The number of rotatable bonds is 6. The van der Waals surface area contributed by atoms with E-state index >= 15 is 0 Å². The van der Waals surface area contributed by atoms with Crippen molar-refractivity contribution in [1.29, 1.82) is 0 Å². The van der Waals surface area contributed by atoms with Gasteiger partial charge in [0.25, 0.3) is 0 Å². The van der Waals surface area contributed by atoms with Gasteiger partial charge in [-0.1, -0.05) is 37.6 Å². The van der Waals surface area contributed by atoms with E-state index in [1.807, 2.05) is 6.92 Å². The van der Waals surface area contributed by atoms with Crippen LogP contribution in [0.15, 0.2) is 53.4 Å². The summed E-state index contributed by atoms with van der Waals surface area (Å²) >= 11 is 0. The van der Waals surface area contributed by atoms with E-state index in [4.69, 9.17) is 0 Å². The van der Waals surface area contributed by atoms with Crippen molar-refractivity contribution in [2.75, 3.05) is 5.32 Å². The Kier molecular flexibility index (Phi) is 5.81. The van der Waals surface area contributed by atoms with Crippen LogP contribution < -0.4 is 10.0 Å². The number of aryl methyl sites for hydroxylation is 1. The summed E-state index contributed by atoms with van der Waals surface area (Å²) in [5.74, 6) is -0.743. The Hall–Kier alpha value is -2.38. The largest absolute Gasteiger partial charge is 0.508 e. The van der Waals surface area contributed by atoms with E-state index in [1.54, 1.807) is 38.1 Å². The van der Waals surface area contributed by atoms with Crippen LogP contribution in [0.2, 0.25) is 0 Å². The topological polar surface area (TPSA) is 95.5 Å². The van der Waals surface area contributed by atoms with Crippen molar-refractivity contribution < 1.29 is 18.3 Å². The van der Waals surface area contributed by atoms with Gasteiger partial charge in [-0.25, -0.2) is 8.42 Å². The quantitative estimate of drug-likeness (QED) is 0.736. The minimum Gasteiger partial charge on any atom is -0.508 e. The number of benzene rings is 2. The Labute approximate surface area is 147 Å². The lowest BCUT2D eigenvalue weighted by atomic mass is 10.0. The van der Waals surface area contributed by atoms with Crippen LogP contribution in [0.3, 0.4) is 0 Å². The molecular formula is C18H22N2O4S. The molecule has 0 saturated carbocycles. The molecule has 6 nitrogen and oxygen atoms in total. The highest BCUT2D eigenvalue weighted by molar-refractivity contribution is 7.89. The van der Waals surface area contributed by atoms with E-state index in [9.17, 15) is 18.3 Å². The van der Waals surface area contributed by atoms with Gasteiger partial charge in [0, 0.05) is 11.8 Å². The molecule has 0 saturated heterocycles. The Morgan fingerprint density at radius 1 is 1.08 bits per heavy atom. The molecule has 25 heavy (non-hydrogen) atoms. The van der Waals surface area contributed by atoms with E-state index in [0.29, 0.717) is 5.69 Å². The van der Waals surface area contributed by atoms with Gasteiger partial charge in [-0.2, -0.15) is 4.72 Å². The van der Waals surface area contributed by atoms with E-state index in [0.717, 1.165) is 5.56 Å². The number of sulfonamides is 1. The zero-order valence-electron chi connectivity index (χ0n) is 14.4. The molecule has 1 unspecified atom stereocenters. The van der Waals surface area contributed by atoms with Gasteiger partial charge >= 0.3 is 0 Å². The van der Waals surface area contributed by atoms with Crippen molar-refractivity contribution in [1.82, 2.24) is 4.72 Å². The highest BCUT2D eigenvalue weighted by atomic mass is 32.2. The highest BCUT2D eigenvalue weighted by Gasteiger charge is 2.28. The summed E-state index contributed by atoms with van der Waals surface area (Å²) in [6.45, 7) is 5.37. The molecule has 0 bridgehead atoms. The maximum Gasteiger partial charge on any atom is 0.242 e. The minimum absolute atomic E-state index is 0.0131. The molecule has 2 aromatic carbocycles. The van der Waals surface area contributed by atoms with E-state index in [2.05, 4.69) is 10.0 Å². The van der Waals surface area contributed by atoms with Crippen LogP contribution in [-0.4, -0.2) is 25.5 Å². The summed E-state index contributed by atoms with van der Waals surface area (Å²) in [4.78, 5) is 12.6. The number of hydrogen-bond donors (Lipinski definition) is 3. The summed E-state index contributed by atoms with van der Waals surface area (Å²) in [7, 11) is -3.83. The minimum atomic E-state index is -3.83.